The molecule has 4 heteroatoms. The highest BCUT2D eigenvalue weighted by molar-refractivity contribution is 6.31. The van der Waals surface area contributed by atoms with Crippen LogP contribution in [0.1, 0.15) is 24.1 Å². The number of hydrogen-bond donors (Lipinski definition) is 2. The minimum absolute atomic E-state index is 0.0382. The van der Waals surface area contributed by atoms with Crippen molar-refractivity contribution in [1.82, 2.24) is 5.32 Å². The van der Waals surface area contributed by atoms with Crippen LogP contribution in [-0.4, -0.2) is 5.11 Å². The molecule has 2 aromatic carbocycles. The Morgan fingerprint density at radius 3 is 2.53 bits per heavy atom. The second-order valence-corrected chi connectivity index (χ2v) is 4.80. The van der Waals surface area contributed by atoms with Crippen molar-refractivity contribution in [1.29, 1.82) is 0 Å². The smallest absolute Gasteiger partial charge is 0.123 e. The average Bonchev–Trinajstić information content (AvgIpc) is 2.38. The molecule has 2 aromatic rings. The largest absolute Gasteiger partial charge is 0.508 e. The molecule has 0 aromatic heterocycles. The molecule has 1 unspecified atom stereocenters. The second kappa shape index (κ2) is 6.04. The first-order valence-electron chi connectivity index (χ1n) is 6.03. The van der Waals surface area contributed by atoms with E-state index in [9.17, 15) is 9.50 Å². The predicted molar refractivity (Wildman–Crippen MR) is 74.8 cm³/mol. The molecule has 19 heavy (non-hydrogen) atoms. The van der Waals surface area contributed by atoms with Gasteiger partial charge in [0, 0.05) is 23.2 Å². The summed E-state index contributed by atoms with van der Waals surface area (Å²) in [5, 5.41) is 13.5. The standard InChI is InChI=1S/C15H15ClFNO/c1-10(11-5-7-12(17)8-6-11)18-9-13-14(16)3-2-4-15(13)19/h2-8,10,18-19H,9H2,1H3. The van der Waals surface area contributed by atoms with Gasteiger partial charge in [-0.15, -0.1) is 0 Å². The fraction of sp³-hybridized carbons (Fsp3) is 0.200. The van der Waals surface area contributed by atoms with Gasteiger partial charge in [-0.3, -0.25) is 0 Å². The van der Waals surface area contributed by atoms with Crippen molar-refractivity contribution in [3.8, 4) is 5.75 Å². The summed E-state index contributed by atoms with van der Waals surface area (Å²) >= 11 is 6.03. The molecule has 0 amide bonds. The maximum absolute atomic E-state index is 12.8. The molecule has 2 N–H and O–H groups in total. The molecule has 2 rings (SSSR count). The van der Waals surface area contributed by atoms with Crippen LogP contribution in [0, 0.1) is 5.82 Å². The van der Waals surface area contributed by atoms with E-state index in [4.69, 9.17) is 11.6 Å². The van der Waals surface area contributed by atoms with Crippen LogP contribution in [0.4, 0.5) is 4.39 Å². The first-order chi connectivity index (χ1) is 9.08. The van der Waals surface area contributed by atoms with E-state index in [-0.39, 0.29) is 17.6 Å². The van der Waals surface area contributed by atoms with Gasteiger partial charge in [0.1, 0.15) is 11.6 Å². The molecule has 0 bridgehead atoms. The van der Waals surface area contributed by atoms with Gasteiger partial charge in [-0.05, 0) is 36.8 Å². The van der Waals surface area contributed by atoms with Gasteiger partial charge in [0.15, 0.2) is 0 Å². The lowest BCUT2D eigenvalue weighted by Crippen LogP contribution is -2.18. The van der Waals surface area contributed by atoms with E-state index in [0.29, 0.717) is 17.1 Å². The van der Waals surface area contributed by atoms with Crippen molar-refractivity contribution in [2.75, 3.05) is 0 Å². The zero-order valence-corrected chi connectivity index (χ0v) is 11.3. The maximum Gasteiger partial charge on any atom is 0.123 e. The van der Waals surface area contributed by atoms with Crippen LogP contribution in [-0.2, 0) is 6.54 Å². The Labute approximate surface area is 116 Å². The molecule has 0 heterocycles. The Balaban J connectivity index is 2.04. The molecule has 0 saturated heterocycles. The van der Waals surface area contributed by atoms with Crippen molar-refractivity contribution < 1.29 is 9.50 Å². The summed E-state index contributed by atoms with van der Waals surface area (Å²) in [6, 6.07) is 11.4. The Morgan fingerprint density at radius 1 is 1.21 bits per heavy atom. The van der Waals surface area contributed by atoms with E-state index < -0.39 is 0 Å². The van der Waals surface area contributed by atoms with Crippen molar-refractivity contribution >= 4 is 11.6 Å². The van der Waals surface area contributed by atoms with E-state index in [0.717, 1.165) is 5.56 Å². The fourth-order valence-electron chi connectivity index (χ4n) is 1.85. The molecule has 0 saturated carbocycles. The van der Waals surface area contributed by atoms with Gasteiger partial charge in [0.05, 0.1) is 0 Å². The fourth-order valence-corrected chi connectivity index (χ4v) is 2.08. The topological polar surface area (TPSA) is 32.3 Å². The highest BCUT2D eigenvalue weighted by atomic mass is 35.5. The van der Waals surface area contributed by atoms with E-state index in [1.807, 2.05) is 6.92 Å². The van der Waals surface area contributed by atoms with E-state index in [1.54, 1.807) is 30.3 Å². The molecule has 1 atom stereocenters. The van der Waals surface area contributed by atoms with Crippen LogP contribution in [0.3, 0.4) is 0 Å². The highest BCUT2D eigenvalue weighted by Gasteiger charge is 2.09. The van der Waals surface area contributed by atoms with Gasteiger partial charge in [0.25, 0.3) is 0 Å². The summed E-state index contributed by atoms with van der Waals surface area (Å²) < 4.78 is 12.8. The van der Waals surface area contributed by atoms with Crippen molar-refractivity contribution in [3.63, 3.8) is 0 Å². The van der Waals surface area contributed by atoms with Crippen LogP contribution >= 0.6 is 11.6 Å². The summed E-state index contributed by atoms with van der Waals surface area (Å²) in [5.74, 6) is -0.0778. The summed E-state index contributed by atoms with van der Waals surface area (Å²) in [6.45, 7) is 2.42. The van der Waals surface area contributed by atoms with Crippen molar-refractivity contribution in [2.45, 2.75) is 19.5 Å². The van der Waals surface area contributed by atoms with Gasteiger partial charge in [-0.1, -0.05) is 29.8 Å². The minimum Gasteiger partial charge on any atom is -0.508 e. The Kier molecular flexibility index (Phi) is 4.40. The minimum atomic E-state index is -0.250. The lowest BCUT2D eigenvalue weighted by atomic mass is 10.1. The van der Waals surface area contributed by atoms with Crippen LogP contribution in [0.5, 0.6) is 5.75 Å². The summed E-state index contributed by atoms with van der Waals surface area (Å²) in [5.41, 5.74) is 1.64. The van der Waals surface area contributed by atoms with Crippen LogP contribution < -0.4 is 5.32 Å². The molecule has 0 aliphatic carbocycles. The lowest BCUT2D eigenvalue weighted by molar-refractivity contribution is 0.460. The molecular weight excluding hydrogens is 265 g/mol. The highest BCUT2D eigenvalue weighted by Crippen LogP contribution is 2.25. The van der Waals surface area contributed by atoms with E-state index in [2.05, 4.69) is 5.32 Å². The van der Waals surface area contributed by atoms with Crippen LogP contribution in [0.15, 0.2) is 42.5 Å². The zero-order valence-electron chi connectivity index (χ0n) is 10.5. The first-order valence-corrected chi connectivity index (χ1v) is 6.41. The van der Waals surface area contributed by atoms with Gasteiger partial charge in [-0.2, -0.15) is 0 Å². The number of halogens is 2. The van der Waals surface area contributed by atoms with Gasteiger partial charge in [-0.25, -0.2) is 4.39 Å². The number of rotatable bonds is 4. The number of phenols is 1. The normalized spacial score (nSPS) is 12.4. The van der Waals surface area contributed by atoms with Gasteiger partial charge < -0.3 is 10.4 Å². The average molecular weight is 280 g/mol. The summed E-state index contributed by atoms with van der Waals surface area (Å²) in [7, 11) is 0. The monoisotopic (exact) mass is 279 g/mol. The number of aromatic hydroxyl groups is 1. The van der Waals surface area contributed by atoms with Gasteiger partial charge in [0.2, 0.25) is 0 Å². The molecule has 2 nitrogen and oxygen atoms in total. The molecule has 0 fully saturated rings. The summed E-state index contributed by atoms with van der Waals surface area (Å²) in [6.07, 6.45) is 0. The van der Waals surface area contributed by atoms with E-state index in [1.165, 1.54) is 12.1 Å². The lowest BCUT2D eigenvalue weighted by Gasteiger charge is -2.15. The Hall–Kier alpha value is -1.58. The van der Waals surface area contributed by atoms with Crippen molar-refractivity contribution in [3.05, 3.63) is 64.4 Å². The summed E-state index contributed by atoms with van der Waals surface area (Å²) in [4.78, 5) is 0. The Bertz CT molecular complexity index is 536. The number of phenolic OH excluding ortho intramolecular Hbond substituents is 1. The van der Waals surface area contributed by atoms with Gasteiger partial charge >= 0.3 is 0 Å². The SMILES string of the molecule is CC(NCc1c(O)cccc1Cl)c1ccc(F)cc1. The second-order valence-electron chi connectivity index (χ2n) is 4.39. The van der Waals surface area contributed by atoms with Crippen molar-refractivity contribution in [2.24, 2.45) is 0 Å². The number of hydrogen-bond acceptors (Lipinski definition) is 2. The molecule has 0 aliphatic heterocycles. The molecular formula is C15H15ClFNO. The maximum atomic E-state index is 12.8. The van der Waals surface area contributed by atoms with E-state index >= 15 is 0 Å². The van der Waals surface area contributed by atoms with Crippen LogP contribution in [0.2, 0.25) is 5.02 Å². The number of benzene rings is 2. The molecule has 0 radical (unpaired) electrons. The first kappa shape index (κ1) is 13.8. The third-order valence-electron chi connectivity index (χ3n) is 3.05. The molecule has 0 aliphatic rings. The number of nitrogens with one attached hydrogen (secondary N) is 1. The molecule has 100 valence electrons. The zero-order chi connectivity index (χ0) is 13.8. The quantitative estimate of drug-likeness (QED) is 0.885. The predicted octanol–water partition coefficient (Wildman–Crippen LogP) is 4.04. The third kappa shape index (κ3) is 3.46. The Morgan fingerprint density at radius 2 is 1.89 bits per heavy atom. The molecule has 0 spiro atoms. The third-order valence-corrected chi connectivity index (χ3v) is 3.40. The van der Waals surface area contributed by atoms with Crippen LogP contribution in [0.25, 0.3) is 0 Å².